The van der Waals surface area contributed by atoms with Gasteiger partial charge in [0.2, 0.25) is 0 Å². The Balaban J connectivity index is 0.00000300. The number of benzene rings is 1. The fourth-order valence-electron chi connectivity index (χ4n) is 3.35. The molecule has 0 saturated carbocycles. The number of unbranched alkanes of at least 4 members (excludes halogenated alkanes) is 1. The summed E-state index contributed by atoms with van der Waals surface area (Å²) in [4.78, 5) is 6.88. The van der Waals surface area contributed by atoms with E-state index in [-0.39, 0.29) is 24.0 Å². The lowest BCUT2D eigenvalue weighted by Crippen LogP contribution is -2.48. The molecule has 1 saturated heterocycles. The first-order valence-corrected chi connectivity index (χ1v) is 11.1. The molecule has 1 aromatic carbocycles. The summed E-state index contributed by atoms with van der Waals surface area (Å²) in [6.07, 6.45) is 4.48. The lowest BCUT2D eigenvalue weighted by molar-refractivity contribution is 0.309. The van der Waals surface area contributed by atoms with Crippen molar-refractivity contribution in [3.05, 3.63) is 47.3 Å². The van der Waals surface area contributed by atoms with Crippen molar-refractivity contribution >= 4 is 46.3 Å². The van der Waals surface area contributed by atoms with E-state index in [1.807, 2.05) is 24.5 Å². The zero-order chi connectivity index (χ0) is 19.6. The number of ether oxygens (including phenoxy) is 1. The zero-order valence-corrected chi connectivity index (χ0v) is 20.5. The third-order valence-electron chi connectivity index (χ3n) is 5.00. The number of hydrogen-bond acceptors (Lipinski definition) is 4. The molecule has 0 unspecified atom stereocenters. The van der Waals surface area contributed by atoms with E-state index in [4.69, 9.17) is 4.74 Å². The SMILES string of the molecule is CCCCOc1cccc(CNC(=NC)NC2CCN(c3cccs3)CC2)c1.I. The highest BCUT2D eigenvalue weighted by Gasteiger charge is 2.20. The van der Waals surface area contributed by atoms with Crippen molar-refractivity contribution in [1.82, 2.24) is 10.6 Å². The molecule has 0 atom stereocenters. The second-order valence-electron chi connectivity index (χ2n) is 7.13. The highest BCUT2D eigenvalue weighted by atomic mass is 127. The van der Waals surface area contributed by atoms with Gasteiger partial charge in [0.1, 0.15) is 5.75 Å². The molecule has 7 heteroatoms. The van der Waals surface area contributed by atoms with Gasteiger partial charge in [-0.25, -0.2) is 0 Å². The van der Waals surface area contributed by atoms with E-state index in [2.05, 4.69) is 63.2 Å². The Bertz CT molecular complexity index is 730. The zero-order valence-electron chi connectivity index (χ0n) is 17.4. The average Bonchev–Trinajstić information content (AvgIpc) is 3.27. The van der Waals surface area contributed by atoms with Crippen molar-refractivity contribution < 1.29 is 4.74 Å². The molecule has 2 aromatic rings. The van der Waals surface area contributed by atoms with E-state index in [9.17, 15) is 0 Å². The molecule has 2 N–H and O–H groups in total. The molecule has 0 radical (unpaired) electrons. The van der Waals surface area contributed by atoms with Crippen molar-refractivity contribution in [2.75, 3.05) is 31.6 Å². The molecule has 1 aliphatic heterocycles. The molecule has 3 rings (SSSR count). The van der Waals surface area contributed by atoms with Crippen LogP contribution in [0.15, 0.2) is 46.8 Å². The van der Waals surface area contributed by atoms with Crippen LogP contribution in [0.5, 0.6) is 5.75 Å². The van der Waals surface area contributed by atoms with Crippen LogP contribution in [0.3, 0.4) is 0 Å². The Morgan fingerprint density at radius 2 is 2.07 bits per heavy atom. The fourth-order valence-corrected chi connectivity index (χ4v) is 4.13. The molecule has 0 amide bonds. The van der Waals surface area contributed by atoms with Crippen molar-refractivity contribution in [3.8, 4) is 5.75 Å². The van der Waals surface area contributed by atoms with Crippen molar-refractivity contribution in [2.24, 2.45) is 4.99 Å². The number of guanidine groups is 1. The number of piperidine rings is 1. The Labute approximate surface area is 196 Å². The van der Waals surface area contributed by atoms with Gasteiger partial charge in [0, 0.05) is 32.7 Å². The fraction of sp³-hybridized carbons (Fsp3) is 0.500. The van der Waals surface area contributed by atoms with E-state index in [0.29, 0.717) is 6.04 Å². The van der Waals surface area contributed by atoms with Gasteiger partial charge < -0.3 is 20.3 Å². The van der Waals surface area contributed by atoms with Crippen molar-refractivity contribution in [2.45, 2.75) is 45.2 Å². The van der Waals surface area contributed by atoms with Crippen LogP contribution in [-0.4, -0.2) is 38.7 Å². The Morgan fingerprint density at radius 3 is 2.76 bits per heavy atom. The number of nitrogens with one attached hydrogen (secondary N) is 2. The predicted octanol–water partition coefficient (Wildman–Crippen LogP) is 4.88. The normalized spacial score (nSPS) is 15.0. The van der Waals surface area contributed by atoms with Crippen LogP contribution in [0, 0.1) is 0 Å². The van der Waals surface area contributed by atoms with Gasteiger partial charge in [-0.1, -0.05) is 25.5 Å². The maximum absolute atomic E-state index is 5.80. The van der Waals surface area contributed by atoms with Crippen LogP contribution in [0.25, 0.3) is 0 Å². The second kappa shape index (κ2) is 13.0. The quantitative estimate of drug-likeness (QED) is 0.222. The maximum Gasteiger partial charge on any atom is 0.191 e. The topological polar surface area (TPSA) is 48.9 Å². The summed E-state index contributed by atoms with van der Waals surface area (Å²) in [5.41, 5.74) is 1.20. The molecule has 160 valence electrons. The van der Waals surface area contributed by atoms with E-state index in [0.717, 1.165) is 63.6 Å². The van der Waals surface area contributed by atoms with Crippen molar-refractivity contribution in [3.63, 3.8) is 0 Å². The molecule has 0 aliphatic carbocycles. The van der Waals surface area contributed by atoms with Crippen LogP contribution in [0.4, 0.5) is 5.00 Å². The highest BCUT2D eigenvalue weighted by molar-refractivity contribution is 14.0. The smallest absolute Gasteiger partial charge is 0.191 e. The minimum Gasteiger partial charge on any atom is -0.494 e. The summed E-state index contributed by atoms with van der Waals surface area (Å²) < 4.78 is 5.80. The van der Waals surface area contributed by atoms with Gasteiger partial charge >= 0.3 is 0 Å². The Hall–Kier alpha value is -1.48. The van der Waals surface area contributed by atoms with Gasteiger partial charge in [0.25, 0.3) is 0 Å². The highest BCUT2D eigenvalue weighted by Crippen LogP contribution is 2.24. The molecule has 0 bridgehead atoms. The summed E-state index contributed by atoms with van der Waals surface area (Å²) >= 11 is 1.82. The van der Waals surface area contributed by atoms with E-state index in [1.165, 1.54) is 10.6 Å². The first kappa shape index (κ1) is 23.8. The molecule has 1 fully saturated rings. The van der Waals surface area contributed by atoms with Crippen LogP contribution in [0.1, 0.15) is 38.2 Å². The first-order valence-electron chi connectivity index (χ1n) is 10.3. The summed E-state index contributed by atoms with van der Waals surface area (Å²) in [5, 5.41) is 10.5. The third kappa shape index (κ3) is 7.70. The lowest BCUT2D eigenvalue weighted by Gasteiger charge is -2.33. The number of aliphatic imine (C=N–C) groups is 1. The summed E-state index contributed by atoms with van der Waals surface area (Å²) in [6, 6.07) is 13.1. The number of anilines is 1. The molecule has 1 aromatic heterocycles. The third-order valence-corrected chi connectivity index (χ3v) is 5.93. The lowest BCUT2D eigenvalue weighted by atomic mass is 10.1. The van der Waals surface area contributed by atoms with E-state index in [1.54, 1.807) is 0 Å². The monoisotopic (exact) mass is 528 g/mol. The molecule has 29 heavy (non-hydrogen) atoms. The second-order valence-corrected chi connectivity index (χ2v) is 8.06. The standard InChI is InChI=1S/C22H32N4OS.HI/c1-3-4-14-27-20-8-5-7-18(16-20)17-24-22(23-2)25-19-10-12-26(13-11-19)21-9-6-15-28-21;/h5-9,15-16,19H,3-4,10-14,17H2,1-2H3,(H2,23,24,25);1H. The van der Waals surface area contributed by atoms with Crippen molar-refractivity contribution in [1.29, 1.82) is 0 Å². The largest absolute Gasteiger partial charge is 0.494 e. The van der Waals surface area contributed by atoms with Gasteiger partial charge in [-0.2, -0.15) is 0 Å². The van der Waals surface area contributed by atoms with Gasteiger partial charge in [-0.05, 0) is 54.5 Å². The summed E-state index contributed by atoms with van der Waals surface area (Å²) in [6.45, 7) is 5.87. The molecular formula is C22H33IN4OS. The van der Waals surface area contributed by atoms with E-state index < -0.39 is 0 Å². The summed E-state index contributed by atoms with van der Waals surface area (Å²) in [7, 11) is 1.83. The minimum absolute atomic E-state index is 0. The number of halogens is 1. The van der Waals surface area contributed by atoms with Crippen LogP contribution in [-0.2, 0) is 6.54 Å². The van der Waals surface area contributed by atoms with Crippen LogP contribution >= 0.6 is 35.3 Å². The van der Waals surface area contributed by atoms with Gasteiger partial charge in [-0.3, -0.25) is 4.99 Å². The Morgan fingerprint density at radius 1 is 1.24 bits per heavy atom. The first-order chi connectivity index (χ1) is 13.8. The van der Waals surface area contributed by atoms with E-state index >= 15 is 0 Å². The number of thiophene rings is 1. The molecule has 0 spiro atoms. The van der Waals surface area contributed by atoms with Crippen LogP contribution < -0.4 is 20.3 Å². The minimum atomic E-state index is 0. The molecule has 2 heterocycles. The number of hydrogen-bond donors (Lipinski definition) is 2. The van der Waals surface area contributed by atoms with Gasteiger partial charge in [-0.15, -0.1) is 35.3 Å². The Kier molecular flexibility index (Phi) is 10.6. The number of nitrogens with zero attached hydrogens (tertiary/aromatic N) is 2. The molecule has 1 aliphatic rings. The summed E-state index contributed by atoms with van der Waals surface area (Å²) in [5.74, 6) is 1.81. The van der Waals surface area contributed by atoms with Gasteiger partial charge in [0.05, 0.1) is 11.6 Å². The van der Waals surface area contributed by atoms with Crippen LogP contribution in [0.2, 0.25) is 0 Å². The maximum atomic E-state index is 5.80. The molecule has 5 nitrogen and oxygen atoms in total. The van der Waals surface area contributed by atoms with Gasteiger partial charge in [0.15, 0.2) is 5.96 Å². The molecular weight excluding hydrogens is 495 g/mol. The average molecular weight is 529 g/mol. The predicted molar refractivity (Wildman–Crippen MR) is 135 cm³/mol. The number of rotatable bonds is 8.